The predicted octanol–water partition coefficient (Wildman–Crippen LogP) is 3.32. The van der Waals surface area contributed by atoms with Crippen LogP contribution in [0.3, 0.4) is 0 Å². The number of carbonyl (C=O) groups is 1. The summed E-state index contributed by atoms with van der Waals surface area (Å²) in [4.78, 5) is 18.2. The number of nitrogens with zero attached hydrogens (tertiary/aromatic N) is 2. The summed E-state index contributed by atoms with van der Waals surface area (Å²) in [6, 6.07) is 3.59. The molecule has 1 aliphatic heterocycles. The average molecular weight is 332 g/mol. The highest BCUT2D eigenvalue weighted by Crippen LogP contribution is 2.24. The lowest BCUT2D eigenvalue weighted by molar-refractivity contribution is 0.0684. The van der Waals surface area contributed by atoms with Crippen LogP contribution in [0.15, 0.2) is 22.8 Å². The Morgan fingerprint density at radius 1 is 1.50 bits per heavy atom. The van der Waals surface area contributed by atoms with Crippen molar-refractivity contribution >= 4 is 33.4 Å². The minimum atomic E-state index is 0.0168. The summed E-state index contributed by atoms with van der Waals surface area (Å²) in [5.74, 6) is 0.539. The zero-order valence-corrected chi connectivity index (χ0v) is 12.6. The molecule has 0 saturated carbocycles. The lowest BCUT2D eigenvalue weighted by Gasteiger charge is -2.32. The monoisotopic (exact) mass is 330 g/mol. The summed E-state index contributed by atoms with van der Waals surface area (Å²) >= 11 is 9.41. The van der Waals surface area contributed by atoms with E-state index < -0.39 is 0 Å². The highest BCUT2D eigenvalue weighted by Gasteiger charge is 2.26. The third kappa shape index (κ3) is 3.23. The number of amides is 1. The Morgan fingerprint density at radius 2 is 2.17 bits per heavy atom. The summed E-state index contributed by atoms with van der Waals surface area (Å²) < 4.78 is 0.883. The lowest BCUT2D eigenvalue weighted by Crippen LogP contribution is -2.40. The predicted molar refractivity (Wildman–Crippen MR) is 75.9 cm³/mol. The number of piperidine rings is 1. The quantitative estimate of drug-likeness (QED) is 0.779. The molecule has 2 heterocycles. The number of likely N-dealkylation sites (tertiary alicyclic amines) is 1. The van der Waals surface area contributed by atoms with Crippen LogP contribution in [0.5, 0.6) is 0 Å². The first-order valence-electron chi connectivity index (χ1n) is 6.13. The second-order valence-electron chi connectivity index (χ2n) is 4.67. The molecule has 3 nitrogen and oxygen atoms in total. The number of alkyl halides is 1. The van der Waals surface area contributed by atoms with E-state index in [-0.39, 0.29) is 11.3 Å². The maximum Gasteiger partial charge on any atom is 0.272 e. The molecular formula is C13H16BrClN2O. The van der Waals surface area contributed by atoms with E-state index in [0.717, 1.165) is 30.4 Å². The van der Waals surface area contributed by atoms with Gasteiger partial charge >= 0.3 is 0 Å². The summed E-state index contributed by atoms with van der Waals surface area (Å²) in [6.45, 7) is 3.58. The molecule has 18 heavy (non-hydrogen) atoms. The number of rotatable bonds is 2. The van der Waals surface area contributed by atoms with Crippen LogP contribution in [0, 0.1) is 5.92 Å². The first-order valence-corrected chi connectivity index (χ1v) is 7.36. The normalized spacial score (nSPS) is 18.7. The summed E-state index contributed by atoms with van der Waals surface area (Å²) in [5.41, 5.74) is 0.510. The van der Waals surface area contributed by atoms with Crippen LogP contribution in [0.1, 0.15) is 30.3 Å². The van der Waals surface area contributed by atoms with E-state index in [0.29, 0.717) is 11.6 Å². The van der Waals surface area contributed by atoms with E-state index in [1.54, 1.807) is 12.3 Å². The van der Waals surface area contributed by atoms with Crippen LogP contribution in [0.4, 0.5) is 0 Å². The number of aromatic nitrogens is 1. The lowest BCUT2D eigenvalue weighted by atomic mass is 9.94. The molecule has 0 aliphatic carbocycles. The van der Waals surface area contributed by atoms with Crippen LogP contribution < -0.4 is 0 Å². The van der Waals surface area contributed by atoms with Crippen LogP contribution in [-0.4, -0.2) is 34.3 Å². The van der Waals surface area contributed by atoms with Gasteiger partial charge in [-0.05, 0) is 53.7 Å². The molecular weight excluding hydrogens is 316 g/mol. The van der Waals surface area contributed by atoms with Gasteiger partial charge in [0.25, 0.3) is 5.91 Å². The number of carbonyl (C=O) groups excluding carboxylic acids is 1. The van der Waals surface area contributed by atoms with Crippen molar-refractivity contribution in [1.29, 1.82) is 0 Å². The minimum absolute atomic E-state index is 0.0168. The zero-order chi connectivity index (χ0) is 13.1. The average Bonchev–Trinajstić information content (AvgIpc) is 2.39. The van der Waals surface area contributed by atoms with Gasteiger partial charge in [-0.3, -0.25) is 4.79 Å². The van der Waals surface area contributed by atoms with Gasteiger partial charge in [0.1, 0.15) is 5.69 Å². The number of halogens is 2. The molecule has 1 saturated heterocycles. The van der Waals surface area contributed by atoms with Gasteiger partial charge in [-0.25, -0.2) is 4.98 Å². The third-order valence-corrected chi connectivity index (χ3v) is 4.25. The Labute approximate surface area is 121 Å². The molecule has 0 bridgehead atoms. The van der Waals surface area contributed by atoms with Gasteiger partial charge in [0.05, 0.1) is 0 Å². The molecule has 1 aliphatic rings. The van der Waals surface area contributed by atoms with E-state index in [4.69, 9.17) is 11.6 Å². The number of hydrogen-bond donors (Lipinski definition) is 0. The maximum atomic E-state index is 12.2. The van der Waals surface area contributed by atoms with Crippen LogP contribution in [0.2, 0.25) is 0 Å². The fraction of sp³-hybridized carbons (Fsp3) is 0.538. The van der Waals surface area contributed by atoms with Crippen LogP contribution in [0.25, 0.3) is 0 Å². The van der Waals surface area contributed by atoms with Gasteiger partial charge in [0, 0.05) is 29.1 Å². The van der Waals surface area contributed by atoms with Crippen molar-refractivity contribution in [2.75, 3.05) is 13.1 Å². The molecule has 0 N–H and O–H groups in total. The smallest absolute Gasteiger partial charge is 0.272 e. The van der Waals surface area contributed by atoms with Gasteiger partial charge in [-0.2, -0.15) is 0 Å². The van der Waals surface area contributed by atoms with Crippen molar-refractivity contribution in [3.8, 4) is 0 Å². The van der Waals surface area contributed by atoms with Crippen LogP contribution in [-0.2, 0) is 0 Å². The van der Waals surface area contributed by atoms with Gasteiger partial charge < -0.3 is 4.90 Å². The minimum Gasteiger partial charge on any atom is -0.337 e. The van der Waals surface area contributed by atoms with Gasteiger partial charge in [0.2, 0.25) is 0 Å². The Balaban J connectivity index is 1.97. The molecule has 0 spiro atoms. The molecule has 0 aromatic carbocycles. The summed E-state index contributed by atoms with van der Waals surface area (Å²) in [5, 5.41) is 0.188. The molecule has 1 atom stereocenters. The molecule has 1 aromatic heterocycles. The molecule has 1 unspecified atom stereocenters. The maximum absolute atomic E-state index is 12.2. The highest BCUT2D eigenvalue weighted by atomic mass is 79.9. The molecule has 1 aromatic rings. The largest absolute Gasteiger partial charge is 0.337 e. The van der Waals surface area contributed by atoms with Crippen LogP contribution >= 0.6 is 27.5 Å². The van der Waals surface area contributed by atoms with Crippen molar-refractivity contribution in [1.82, 2.24) is 9.88 Å². The molecule has 1 amide bonds. The van der Waals surface area contributed by atoms with E-state index in [9.17, 15) is 4.79 Å². The number of pyridine rings is 1. The van der Waals surface area contributed by atoms with E-state index in [1.807, 2.05) is 17.9 Å². The van der Waals surface area contributed by atoms with Crippen molar-refractivity contribution in [3.05, 3.63) is 28.5 Å². The van der Waals surface area contributed by atoms with E-state index in [1.165, 1.54) is 0 Å². The molecule has 1 fully saturated rings. The highest BCUT2D eigenvalue weighted by molar-refractivity contribution is 9.10. The number of hydrogen-bond acceptors (Lipinski definition) is 2. The molecule has 2 rings (SSSR count). The van der Waals surface area contributed by atoms with Crippen molar-refractivity contribution in [2.24, 2.45) is 5.92 Å². The summed E-state index contributed by atoms with van der Waals surface area (Å²) in [7, 11) is 0. The fourth-order valence-electron chi connectivity index (χ4n) is 2.23. The zero-order valence-electron chi connectivity index (χ0n) is 10.3. The Morgan fingerprint density at radius 3 is 2.67 bits per heavy atom. The van der Waals surface area contributed by atoms with E-state index in [2.05, 4.69) is 20.9 Å². The Bertz CT molecular complexity index is 414. The standard InChI is InChI=1S/C13H16BrClN2O/c1-9(15)10-4-6-17(7-5-10)13(18)12-3-2-11(14)8-16-12/h2-3,8-10H,4-7H2,1H3. The van der Waals surface area contributed by atoms with Crippen molar-refractivity contribution in [3.63, 3.8) is 0 Å². The topological polar surface area (TPSA) is 33.2 Å². The fourth-order valence-corrected chi connectivity index (χ4v) is 2.71. The van der Waals surface area contributed by atoms with E-state index >= 15 is 0 Å². The van der Waals surface area contributed by atoms with Crippen molar-refractivity contribution < 1.29 is 4.79 Å². The molecule has 98 valence electrons. The van der Waals surface area contributed by atoms with Gasteiger partial charge in [0.15, 0.2) is 0 Å². The first-order chi connectivity index (χ1) is 8.58. The second-order valence-corrected chi connectivity index (χ2v) is 6.27. The Hall–Kier alpha value is -0.610. The second kappa shape index (κ2) is 6.02. The summed E-state index contributed by atoms with van der Waals surface area (Å²) in [6.07, 6.45) is 3.61. The van der Waals surface area contributed by atoms with Gasteiger partial charge in [-0.1, -0.05) is 0 Å². The molecule has 5 heteroatoms. The SMILES string of the molecule is CC(Cl)C1CCN(C(=O)c2ccc(Br)cn2)CC1. The van der Waals surface area contributed by atoms with Crippen molar-refractivity contribution in [2.45, 2.75) is 25.1 Å². The Kier molecular flexibility index (Phi) is 4.62. The third-order valence-electron chi connectivity index (χ3n) is 3.42. The first kappa shape index (κ1) is 13.8. The molecule has 0 radical (unpaired) electrons. The van der Waals surface area contributed by atoms with Gasteiger partial charge in [-0.15, -0.1) is 11.6 Å².